The van der Waals surface area contributed by atoms with Crippen molar-refractivity contribution in [1.82, 2.24) is 5.32 Å². The molecule has 2 aromatic rings. The highest BCUT2D eigenvalue weighted by molar-refractivity contribution is 5.88. The van der Waals surface area contributed by atoms with Crippen molar-refractivity contribution < 1.29 is 9.84 Å². The van der Waals surface area contributed by atoms with Gasteiger partial charge in [-0.05, 0) is 16.8 Å². The number of fused-ring (bicyclic) bond motifs is 1. The molecular weight excluding hydrogens is 238 g/mol. The van der Waals surface area contributed by atoms with E-state index in [9.17, 15) is 5.11 Å². The molecule has 0 amide bonds. The Kier molecular flexibility index (Phi) is 4.40. The molecule has 2 rings (SSSR count). The van der Waals surface area contributed by atoms with Crippen molar-refractivity contribution >= 4 is 10.8 Å². The van der Waals surface area contributed by atoms with Crippen LogP contribution in [0.15, 0.2) is 36.4 Å². The van der Waals surface area contributed by atoms with Crippen LogP contribution in [0.4, 0.5) is 0 Å². The smallest absolute Gasteiger partial charge is 0.124 e. The van der Waals surface area contributed by atoms with Crippen molar-refractivity contribution in [1.29, 1.82) is 0 Å². The zero-order chi connectivity index (χ0) is 13.8. The van der Waals surface area contributed by atoms with Gasteiger partial charge in [-0.15, -0.1) is 0 Å². The Labute approximate surface area is 114 Å². The molecule has 0 heterocycles. The average Bonchev–Trinajstić information content (AvgIpc) is 2.43. The third kappa shape index (κ3) is 2.88. The fourth-order valence-corrected chi connectivity index (χ4v) is 2.44. The lowest BCUT2D eigenvalue weighted by molar-refractivity contribution is 0.235. The molecule has 0 bridgehead atoms. The normalized spacial score (nSPS) is 12.9. The second-order valence-electron chi connectivity index (χ2n) is 4.96. The second kappa shape index (κ2) is 6.04. The molecule has 3 heteroatoms. The largest absolute Gasteiger partial charge is 0.496 e. The first kappa shape index (κ1) is 13.8. The van der Waals surface area contributed by atoms with Crippen molar-refractivity contribution in [2.45, 2.75) is 25.9 Å². The molecule has 1 unspecified atom stereocenters. The van der Waals surface area contributed by atoms with Crippen LogP contribution in [0.3, 0.4) is 0 Å². The molecule has 2 N–H and O–H groups in total. The van der Waals surface area contributed by atoms with Crippen molar-refractivity contribution in [3.8, 4) is 5.75 Å². The van der Waals surface area contributed by atoms with Crippen molar-refractivity contribution in [2.24, 2.45) is 0 Å². The van der Waals surface area contributed by atoms with E-state index in [1.165, 1.54) is 0 Å². The molecule has 0 aliphatic carbocycles. The average molecular weight is 259 g/mol. The number of hydrogen-bond acceptors (Lipinski definition) is 3. The highest BCUT2D eigenvalue weighted by atomic mass is 16.5. The number of aliphatic hydroxyl groups excluding tert-OH is 1. The van der Waals surface area contributed by atoms with E-state index >= 15 is 0 Å². The minimum Gasteiger partial charge on any atom is -0.496 e. The minimum absolute atomic E-state index is 0.0442. The van der Waals surface area contributed by atoms with Crippen LogP contribution in [0.2, 0.25) is 0 Å². The number of hydrogen-bond donors (Lipinski definition) is 2. The summed E-state index contributed by atoms with van der Waals surface area (Å²) in [5, 5.41) is 15.3. The van der Waals surface area contributed by atoms with Crippen LogP contribution in [-0.2, 0) is 0 Å². The summed E-state index contributed by atoms with van der Waals surface area (Å²) >= 11 is 0. The van der Waals surface area contributed by atoms with Gasteiger partial charge in [0.2, 0.25) is 0 Å². The van der Waals surface area contributed by atoms with Gasteiger partial charge in [0.25, 0.3) is 0 Å². The minimum atomic E-state index is -0.124. The van der Waals surface area contributed by atoms with Gasteiger partial charge in [0.05, 0.1) is 19.8 Å². The summed E-state index contributed by atoms with van der Waals surface area (Å²) < 4.78 is 5.47. The summed E-state index contributed by atoms with van der Waals surface area (Å²) in [6.07, 6.45) is 0. The Bertz CT molecular complexity index is 551. The fraction of sp³-hybridized carbons (Fsp3) is 0.375. The predicted molar refractivity (Wildman–Crippen MR) is 78.6 cm³/mol. The first-order valence-corrected chi connectivity index (χ1v) is 6.60. The summed E-state index contributed by atoms with van der Waals surface area (Å²) in [6, 6.07) is 12.3. The van der Waals surface area contributed by atoms with E-state index in [1.54, 1.807) is 7.11 Å². The van der Waals surface area contributed by atoms with E-state index in [0.717, 1.165) is 22.1 Å². The standard InChI is InChI=1S/C16H21NO2/c1-11(2)17-14(10-18)16-13-7-5-4-6-12(13)8-9-15(16)19-3/h4-9,11,14,17-18H,10H2,1-3H3. The molecule has 3 nitrogen and oxygen atoms in total. The van der Waals surface area contributed by atoms with Crippen molar-refractivity contribution in [3.05, 3.63) is 42.0 Å². The Balaban J connectivity index is 2.60. The molecular formula is C16H21NO2. The molecule has 0 fully saturated rings. The summed E-state index contributed by atoms with van der Waals surface area (Å²) in [5.74, 6) is 0.811. The Morgan fingerprint density at radius 3 is 2.53 bits per heavy atom. The van der Waals surface area contributed by atoms with Crippen LogP contribution in [-0.4, -0.2) is 24.9 Å². The van der Waals surface area contributed by atoms with E-state index in [-0.39, 0.29) is 12.6 Å². The van der Waals surface area contributed by atoms with Crippen LogP contribution in [0.1, 0.15) is 25.5 Å². The topological polar surface area (TPSA) is 41.5 Å². The second-order valence-corrected chi connectivity index (χ2v) is 4.96. The van der Waals surface area contributed by atoms with Crippen molar-refractivity contribution in [2.75, 3.05) is 13.7 Å². The SMILES string of the molecule is COc1ccc2ccccc2c1C(CO)NC(C)C. The summed E-state index contributed by atoms with van der Waals surface area (Å²) in [5.41, 5.74) is 1.02. The molecule has 0 radical (unpaired) electrons. The molecule has 0 spiro atoms. The van der Waals surface area contributed by atoms with E-state index in [0.29, 0.717) is 6.04 Å². The molecule has 0 aliphatic heterocycles. The van der Waals surface area contributed by atoms with Gasteiger partial charge in [0, 0.05) is 11.6 Å². The lowest BCUT2D eigenvalue weighted by Crippen LogP contribution is -2.31. The van der Waals surface area contributed by atoms with E-state index in [2.05, 4.69) is 31.3 Å². The molecule has 19 heavy (non-hydrogen) atoms. The molecule has 0 saturated carbocycles. The maximum atomic E-state index is 9.69. The maximum absolute atomic E-state index is 9.69. The van der Waals surface area contributed by atoms with Crippen LogP contribution in [0, 0.1) is 0 Å². The molecule has 102 valence electrons. The van der Waals surface area contributed by atoms with Crippen LogP contribution >= 0.6 is 0 Å². The third-order valence-corrected chi connectivity index (χ3v) is 3.22. The van der Waals surface area contributed by atoms with Gasteiger partial charge in [-0.1, -0.05) is 44.2 Å². The zero-order valence-electron chi connectivity index (χ0n) is 11.7. The van der Waals surface area contributed by atoms with Gasteiger partial charge >= 0.3 is 0 Å². The Morgan fingerprint density at radius 1 is 1.16 bits per heavy atom. The highest BCUT2D eigenvalue weighted by Crippen LogP contribution is 2.33. The molecule has 0 aliphatic rings. The third-order valence-electron chi connectivity index (χ3n) is 3.22. The van der Waals surface area contributed by atoms with Gasteiger partial charge < -0.3 is 15.2 Å². The Hall–Kier alpha value is -1.58. The number of ether oxygens (including phenoxy) is 1. The number of aliphatic hydroxyl groups is 1. The predicted octanol–water partition coefficient (Wildman–Crippen LogP) is 2.88. The van der Waals surface area contributed by atoms with Gasteiger partial charge in [0.1, 0.15) is 5.75 Å². The summed E-state index contributed by atoms with van der Waals surface area (Å²) in [6.45, 7) is 4.18. The fourth-order valence-electron chi connectivity index (χ4n) is 2.44. The molecule has 1 atom stereocenters. The first-order chi connectivity index (χ1) is 9.17. The Morgan fingerprint density at radius 2 is 1.89 bits per heavy atom. The maximum Gasteiger partial charge on any atom is 0.124 e. The van der Waals surface area contributed by atoms with Gasteiger partial charge in [-0.3, -0.25) is 0 Å². The zero-order valence-corrected chi connectivity index (χ0v) is 11.7. The van der Waals surface area contributed by atoms with Crippen LogP contribution in [0.5, 0.6) is 5.75 Å². The van der Waals surface area contributed by atoms with Crippen LogP contribution < -0.4 is 10.1 Å². The quantitative estimate of drug-likeness (QED) is 0.867. The van der Waals surface area contributed by atoms with Crippen LogP contribution in [0.25, 0.3) is 10.8 Å². The summed E-state index contributed by atoms with van der Waals surface area (Å²) in [7, 11) is 1.66. The lowest BCUT2D eigenvalue weighted by Gasteiger charge is -2.23. The van der Waals surface area contributed by atoms with Gasteiger partial charge in [-0.2, -0.15) is 0 Å². The number of rotatable bonds is 5. The number of methoxy groups -OCH3 is 1. The molecule has 2 aromatic carbocycles. The van der Waals surface area contributed by atoms with Gasteiger partial charge in [-0.25, -0.2) is 0 Å². The monoisotopic (exact) mass is 259 g/mol. The molecule has 0 aromatic heterocycles. The number of nitrogens with one attached hydrogen (secondary N) is 1. The summed E-state index contributed by atoms with van der Waals surface area (Å²) in [4.78, 5) is 0. The first-order valence-electron chi connectivity index (χ1n) is 6.60. The highest BCUT2D eigenvalue weighted by Gasteiger charge is 2.18. The van der Waals surface area contributed by atoms with E-state index in [4.69, 9.17) is 4.74 Å². The van der Waals surface area contributed by atoms with E-state index < -0.39 is 0 Å². The molecule has 0 saturated heterocycles. The lowest BCUT2D eigenvalue weighted by atomic mass is 9.97. The van der Waals surface area contributed by atoms with E-state index in [1.807, 2.05) is 24.3 Å². The van der Waals surface area contributed by atoms with Crippen molar-refractivity contribution in [3.63, 3.8) is 0 Å². The van der Waals surface area contributed by atoms with Gasteiger partial charge in [0.15, 0.2) is 0 Å². The number of benzene rings is 2.